The summed E-state index contributed by atoms with van der Waals surface area (Å²) in [6.07, 6.45) is 0. The number of carbonyl (C=O) groups excluding carboxylic acids is 1. The molecule has 29 heavy (non-hydrogen) atoms. The molecule has 5 nitrogen and oxygen atoms in total. The lowest BCUT2D eigenvalue weighted by Crippen LogP contribution is -2.20. The first kappa shape index (κ1) is 18.5. The SMILES string of the molecule is COc1ccc(NC(=O)COc2cc(-c3ccccc3)nc3ccccc23)cc1. The maximum absolute atomic E-state index is 12.3. The van der Waals surface area contributed by atoms with E-state index in [2.05, 4.69) is 5.32 Å². The van der Waals surface area contributed by atoms with Gasteiger partial charge in [0.1, 0.15) is 11.5 Å². The van der Waals surface area contributed by atoms with E-state index in [0.717, 1.165) is 27.9 Å². The number of hydrogen-bond acceptors (Lipinski definition) is 4. The van der Waals surface area contributed by atoms with Crippen molar-refractivity contribution in [3.05, 3.63) is 84.9 Å². The Morgan fingerprint density at radius 3 is 2.41 bits per heavy atom. The number of ether oxygens (including phenoxy) is 2. The summed E-state index contributed by atoms with van der Waals surface area (Å²) in [7, 11) is 1.60. The quantitative estimate of drug-likeness (QED) is 0.512. The number of para-hydroxylation sites is 1. The van der Waals surface area contributed by atoms with Gasteiger partial charge in [0.25, 0.3) is 5.91 Å². The summed E-state index contributed by atoms with van der Waals surface area (Å²) >= 11 is 0. The highest BCUT2D eigenvalue weighted by atomic mass is 16.5. The second-order valence-corrected chi connectivity index (χ2v) is 6.45. The molecular weight excluding hydrogens is 364 g/mol. The van der Waals surface area contributed by atoms with Crippen molar-refractivity contribution in [1.82, 2.24) is 4.98 Å². The number of fused-ring (bicyclic) bond motifs is 1. The van der Waals surface area contributed by atoms with Gasteiger partial charge in [-0.3, -0.25) is 4.79 Å². The average Bonchev–Trinajstić information content (AvgIpc) is 2.78. The van der Waals surface area contributed by atoms with Gasteiger partial charge in [0.05, 0.1) is 18.3 Å². The van der Waals surface area contributed by atoms with E-state index in [4.69, 9.17) is 14.5 Å². The molecule has 1 N–H and O–H groups in total. The number of amides is 1. The van der Waals surface area contributed by atoms with Crippen LogP contribution in [0.15, 0.2) is 84.9 Å². The molecule has 144 valence electrons. The number of rotatable bonds is 6. The Bertz CT molecular complexity index is 1130. The lowest BCUT2D eigenvalue weighted by atomic mass is 10.1. The van der Waals surface area contributed by atoms with Crippen molar-refractivity contribution >= 4 is 22.5 Å². The fourth-order valence-electron chi connectivity index (χ4n) is 3.03. The summed E-state index contributed by atoms with van der Waals surface area (Å²) in [5.41, 5.74) is 3.30. The zero-order valence-corrected chi connectivity index (χ0v) is 16.0. The third-order valence-electron chi connectivity index (χ3n) is 4.48. The smallest absolute Gasteiger partial charge is 0.262 e. The van der Waals surface area contributed by atoms with Gasteiger partial charge in [0, 0.05) is 22.7 Å². The first-order chi connectivity index (χ1) is 14.2. The minimum atomic E-state index is -0.239. The molecule has 0 spiro atoms. The molecule has 4 aromatic rings. The third kappa shape index (κ3) is 4.35. The molecule has 0 fully saturated rings. The van der Waals surface area contributed by atoms with Gasteiger partial charge in [-0.25, -0.2) is 4.98 Å². The highest BCUT2D eigenvalue weighted by molar-refractivity contribution is 5.93. The molecule has 1 heterocycles. The summed E-state index contributed by atoms with van der Waals surface area (Å²) in [5, 5.41) is 3.69. The van der Waals surface area contributed by atoms with Crippen LogP contribution >= 0.6 is 0 Å². The largest absolute Gasteiger partial charge is 0.497 e. The van der Waals surface area contributed by atoms with Crippen molar-refractivity contribution < 1.29 is 14.3 Å². The minimum Gasteiger partial charge on any atom is -0.497 e. The number of hydrogen-bond donors (Lipinski definition) is 1. The molecule has 0 aliphatic rings. The maximum atomic E-state index is 12.3. The number of anilines is 1. The molecule has 0 saturated heterocycles. The van der Waals surface area contributed by atoms with Crippen LogP contribution in [-0.4, -0.2) is 24.6 Å². The summed E-state index contributed by atoms with van der Waals surface area (Å²) < 4.78 is 11.0. The topological polar surface area (TPSA) is 60.5 Å². The standard InChI is InChI=1S/C24H20N2O3/c1-28-19-13-11-18(12-14-19)25-24(27)16-29-23-15-22(17-7-3-2-4-8-17)26-21-10-6-5-9-20(21)23/h2-15H,16H2,1H3,(H,25,27). The van der Waals surface area contributed by atoms with Crippen LogP contribution in [0.25, 0.3) is 22.2 Å². The molecule has 1 aromatic heterocycles. The minimum absolute atomic E-state index is 0.103. The number of nitrogens with zero attached hydrogens (tertiary/aromatic N) is 1. The predicted octanol–water partition coefficient (Wildman–Crippen LogP) is 4.93. The van der Waals surface area contributed by atoms with E-state index in [0.29, 0.717) is 11.4 Å². The fraction of sp³-hybridized carbons (Fsp3) is 0.0833. The van der Waals surface area contributed by atoms with Crippen LogP contribution in [0.4, 0.5) is 5.69 Å². The van der Waals surface area contributed by atoms with Crippen LogP contribution in [0.3, 0.4) is 0 Å². The van der Waals surface area contributed by atoms with E-state index in [1.165, 1.54) is 0 Å². The number of aromatic nitrogens is 1. The molecule has 3 aromatic carbocycles. The molecular formula is C24H20N2O3. The van der Waals surface area contributed by atoms with Crippen molar-refractivity contribution in [2.75, 3.05) is 19.0 Å². The van der Waals surface area contributed by atoms with Gasteiger partial charge in [-0.05, 0) is 36.4 Å². The highest BCUT2D eigenvalue weighted by Gasteiger charge is 2.11. The zero-order chi connectivity index (χ0) is 20.1. The lowest BCUT2D eigenvalue weighted by molar-refractivity contribution is -0.118. The van der Waals surface area contributed by atoms with Gasteiger partial charge in [-0.1, -0.05) is 42.5 Å². The number of benzene rings is 3. The highest BCUT2D eigenvalue weighted by Crippen LogP contribution is 2.30. The fourth-order valence-corrected chi connectivity index (χ4v) is 3.03. The third-order valence-corrected chi connectivity index (χ3v) is 4.48. The Labute approximate surface area is 168 Å². The van der Waals surface area contributed by atoms with Crippen molar-refractivity contribution in [1.29, 1.82) is 0 Å². The van der Waals surface area contributed by atoms with E-state index < -0.39 is 0 Å². The average molecular weight is 384 g/mol. The first-order valence-corrected chi connectivity index (χ1v) is 9.25. The van der Waals surface area contributed by atoms with Crippen LogP contribution < -0.4 is 14.8 Å². The van der Waals surface area contributed by atoms with Crippen LogP contribution in [0.2, 0.25) is 0 Å². The van der Waals surface area contributed by atoms with E-state index in [1.807, 2.05) is 60.7 Å². The Morgan fingerprint density at radius 1 is 0.931 bits per heavy atom. The van der Waals surface area contributed by atoms with Crippen LogP contribution in [0.5, 0.6) is 11.5 Å². The Kier molecular flexibility index (Phi) is 5.38. The molecule has 0 unspecified atom stereocenters. The molecule has 0 atom stereocenters. The zero-order valence-electron chi connectivity index (χ0n) is 16.0. The van der Waals surface area contributed by atoms with Crippen molar-refractivity contribution in [2.24, 2.45) is 0 Å². The van der Waals surface area contributed by atoms with E-state index in [1.54, 1.807) is 31.4 Å². The van der Waals surface area contributed by atoms with Gasteiger partial charge in [-0.2, -0.15) is 0 Å². The lowest BCUT2D eigenvalue weighted by Gasteiger charge is -2.12. The second kappa shape index (κ2) is 8.44. The maximum Gasteiger partial charge on any atom is 0.262 e. The van der Waals surface area contributed by atoms with Gasteiger partial charge in [-0.15, -0.1) is 0 Å². The monoisotopic (exact) mass is 384 g/mol. The van der Waals surface area contributed by atoms with Crippen LogP contribution in [0.1, 0.15) is 0 Å². The second-order valence-electron chi connectivity index (χ2n) is 6.45. The molecule has 0 aliphatic heterocycles. The Morgan fingerprint density at radius 2 is 1.66 bits per heavy atom. The normalized spacial score (nSPS) is 10.5. The van der Waals surface area contributed by atoms with Crippen molar-refractivity contribution in [3.63, 3.8) is 0 Å². The van der Waals surface area contributed by atoms with Crippen LogP contribution in [-0.2, 0) is 4.79 Å². The molecule has 0 radical (unpaired) electrons. The first-order valence-electron chi connectivity index (χ1n) is 9.25. The van der Waals surface area contributed by atoms with Gasteiger partial charge < -0.3 is 14.8 Å². The number of methoxy groups -OCH3 is 1. The summed E-state index contributed by atoms with van der Waals surface area (Å²) in [6.45, 7) is -0.103. The predicted molar refractivity (Wildman–Crippen MR) is 114 cm³/mol. The number of carbonyl (C=O) groups is 1. The summed E-state index contributed by atoms with van der Waals surface area (Å²) in [4.78, 5) is 17.1. The van der Waals surface area contributed by atoms with E-state index in [9.17, 15) is 4.79 Å². The molecule has 4 rings (SSSR count). The Balaban J connectivity index is 1.54. The Hall–Kier alpha value is -3.86. The van der Waals surface area contributed by atoms with Crippen LogP contribution in [0, 0.1) is 0 Å². The van der Waals surface area contributed by atoms with Gasteiger partial charge in [0.2, 0.25) is 0 Å². The van der Waals surface area contributed by atoms with E-state index >= 15 is 0 Å². The molecule has 1 amide bonds. The summed E-state index contributed by atoms with van der Waals surface area (Å²) in [5.74, 6) is 1.12. The number of pyridine rings is 1. The molecule has 5 heteroatoms. The molecule has 0 saturated carbocycles. The summed E-state index contributed by atoms with van der Waals surface area (Å²) in [6, 6.07) is 26.7. The van der Waals surface area contributed by atoms with Gasteiger partial charge in [0.15, 0.2) is 6.61 Å². The molecule has 0 aliphatic carbocycles. The van der Waals surface area contributed by atoms with Crippen molar-refractivity contribution in [2.45, 2.75) is 0 Å². The molecule has 0 bridgehead atoms. The van der Waals surface area contributed by atoms with E-state index in [-0.39, 0.29) is 12.5 Å². The number of nitrogens with one attached hydrogen (secondary N) is 1. The van der Waals surface area contributed by atoms with Gasteiger partial charge >= 0.3 is 0 Å². The van der Waals surface area contributed by atoms with Crippen molar-refractivity contribution in [3.8, 4) is 22.8 Å².